The number of non-ortho nitro benzene ring substituents is 1. The van der Waals surface area contributed by atoms with Crippen molar-refractivity contribution in [2.75, 3.05) is 12.4 Å². The van der Waals surface area contributed by atoms with Crippen molar-refractivity contribution in [3.05, 3.63) is 28.3 Å². The summed E-state index contributed by atoms with van der Waals surface area (Å²) >= 11 is 0. The molecule has 7 nitrogen and oxygen atoms in total. The minimum atomic E-state index is -0.677. The van der Waals surface area contributed by atoms with Crippen molar-refractivity contribution in [2.45, 2.75) is 26.3 Å². The molecule has 0 saturated carbocycles. The molecule has 0 fully saturated rings. The smallest absolute Gasteiger partial charge is 0.271 e. The number of nitro benzene ring substituents is 1. The zero-order chi connectivity index (χ0) is 15.3. The van der Waals surface area contributed by atoms with Crippen molar-refractivity contribution >= 4 is 17.3 Å². The molecule has 1 aromatic carbocycles. The lowest BCUT2D eigenvalue weighted by atomic mass is 9.99. The largest absolute Gasteiger partial charge is 0.495 e. The van der Waals surface area contributed by atoms with E-state index < -0.39 is 16.9 Å². The Labute approximate surface area is 117 Å². The average molecular weight is 281 g/mol. The Kier molecular flexibility index (Phi) is 5.45. The first-order chi connectivity index (χ1) is 9.40. The highest BCUT2D eigenvalue weighted by molar-refractivity contribution is 5.96. The van der Waals surface area contributed by atoms with Gasteiger partial charge in [0.2, 0.25) is 5.91 Å². The predicted molar refractivity (Wildman–Crippen MR) is 75.7 cm³/mol. The third-order valence-electron chi connectivity index (χ3n) is 3.21. The minimum Gasteiger partial charge on any atom is -0.495 e. The van der Waals surface area contributed by atoms with Gasteiger partial charge in [0.1, 0.15) is 5.75 Å². The number of carbonyl (C=O) groups excluding carboxylic acids is 1. The highest BCUT2D eigenvalue weighted by Crippen LogP contribution is 2.29. The van der Waals surface area contributed by atoms with Gasteiger partial charge < -0.3 is 15.8 Å². The molecule has 0 radical (unpaired) electrons. The Bertz CT molecular complexity index is 504. The molecular formula is C13H19N3O4. The van der Waals surface area contributed by atoms with Crippen LogP contribution in [0.25, 0.3) is 0 Å². The fourth-order valence-corrected chi connectivity index (χ4v) is 1.64. The van der Waals surface area contributed by atoms with Crippen LogP contribution >= 0.6 is 0 Å². The summed E-state index contributed by atoms with van der Waals surface area (Å²) in [5, 5.41) is 13.3. The molecule has 1 aromatic rings. The number of nitrogens with one attached hydrogen (secondary N) is 1. The van der Waals surface area contributed by atoms with Gasteiger partial charge in [-0.05, 0) is 12.0 Å². The van der Waals surface area contributed by atoms with Gasteiger partial charge in [0.15, 0.2) is 0 Å². The Hall–Kier alpha value is -2.15. The molecule has 1 amide bonds. The normalized spacial score (nSPS) is 13.4. The van der Waals surface area contributed by atoms with E-state index in [1.54, 1.807) is 0 Å². The lowest BCUT2D eigenvalue weighted by Gasteiger charge is -2.18. The van der Waals surface area contributed by atoms with Gasteiger partial charge in [0.25, 0.3) is 5.69 Å². The first-order valence-corrected chi connectivity index (χ1v) is 6.29. The van der Waals surface area contributed by atoms with Crippen molar-refractivity contribution < 1.29 is 14.5 Å². The van der Waals surface area contributed by atoms with E-state index in [1.807, 2.05) is 13.8 Å². The maximum atomic E-state index is 12.0. The molecule has 0 aromatic heterocycles. The molecule has 0 bridgehead atoms. The van der Waals surface area contributed by atoms with Gasteiger partial charge in [0, 0.05) is 12.1 Å². The number of amides is 1. The number of rotatable bonds is 6. The zero-order valence-corrected chi connectivity index (χ0v) is 11.8. The number of benzene rings is 1. The van der Waals surface area contributed by atoms with Gasteiger partial charge in [-0.2, -0.15) is 0 Å². The van der Waals surface area contributed by atoms with Crippen LogP contribution in [0.1, 0.15) is 20.3 Å². The van der Waals surface area contributed by atoms with E-state index in [-0.39, 0.29) is 17.3 Å². The van der Waals surface area contributed by atoms with E-state index in [1.165, 1.54) is 25.3 Å². The van der Waals surface area contributed by atoms with Crippen molar-refractivity contribution in [2.24, 2.45) is 11.7 Å². The van der Waals surface area contributed by atoms with Gasteiger partial charge >= 0.3 is 0 Å². The number of nitrogens with two attached hydrogens (primary N) is 1. The Balaban J connectivity index is 2.98. The first-order valence-electron chi connectivity index (χ1n) is 6.29. The molecule has 0 heterocycles. The summed E-state index contributed by atoms with van der Waals surface area (Å²) in [6.07, 6.45) is 0.765. The Morgan fingerprint density at radius 3 is 2.70 bits per heavy atom. The van der Waals surface area contributed by atoms with Crippen LogP contribution in [0.4, 0.5) is 11.4 Å². The topological polar surface area (TPSA) is 107 Å². The summed E-state index contributed by atoms with van der Waals surface area (Å²) in [7, 11) is 1.42. The second kappa shape index (κ2) is 6.85. The fraction of sp³-hybridized carbons (Fsp3) is 0.462. The summed E-state index contributed by atoms with van der Waals surface area (Å²) in [6, 6.07) is 3.31. The highest BCUT2D eigenvalue weighted by Gasteiger charge is 2.21. The maximum Gasteiger partial charge on any atom is 0.271 e. The van der Waals surface area contributed by atoms with Crippen LogP contribution < -0.4 is 15.8 Å². The SMILES string of the molecule is CC[C@H](C)[C@H](N)C(=O)Nc1cc([N+](=O)[O-])ccc1OC. The highest BCUT2D eigenvalue weighted by atomic mass is 16.6. The van der Waals surface area contributed by atoms with E-state index in [0.717, 1.165) is 6.42 Å². The molecule has 3 N–H and O–H groups in total. The van der Waals surface area contributed by atoms with Gasteiger partial charge in [-0.25, -0.2) is 0 Å². The number of methoxy groups -OCH3 is 1. The number of nitro groups is 1. The molecule has 2 atom stereocenters. The van der Waals surface area contributed by atoms with E-state index >= 15 is 0 Å². The van der Waals surface area contributed by atoms with Gasteiger partial charge in [0.05, 0.1) is 23.8 Å². The van der Waals surface area contributed by atoms with Gasteiger partial charge in [-0.15, -0.1) is 0 Å². The zero-order valence-electron chi connectivity index (χ0n) is 11.8. The van der Waals surface area contributed by atoms with Crippen LogP contribution in [0.5, 0.6) is 5.75 Å². The standard InChI is InChI=1S/C13H19N3O4/c1-4-8(2)12(14)13(17)15-10-7-9(16(18)19)5-6-11(10)20-3/h5-8,12H,4,14H2,1-3H3,(H,15,17)/t8-,12-/m0/s1. The molecule has 7 heteroatoms. The third-order valence-corrected chi connectivity index (χ3v) is 3.21. The first kappa shape index (κ1) is 15.9. The number of hydrogen-bond acceptors (Lipinski definition) is 5. The lowest BCUT2D eigenvalue weighted by molar-refractivity contribution is -0.384. The van der Waals surface area contributed by atoms with Crippen molar-refractivity contribution in [3.8, 4) is 5.75 Å². The Morgan fingerprint density at radius 1 is 1.55 bits per heavy atom. The summed E-state index contributed by atoms with van der Waals surface area (Å²) in [5.41, 5.74) is 5.94. The summed E-state index contributed by atoms with van der Waals surface area (Å²) in [4.78, 5) is 22.2. The third kappa shape index (κ3) is 3.67. The van der Waals surface area contributed by atoms with Crippen LogP contribution in [-0.4, -0.2) is 24.0 Å². The second-order valence-electron chi connectivity index (χ2n) is 4.54. The van der Waals surface area contributed by atoms with Gasteiger partial charge in [-0.1, -0.05) is 20.3 Å². The van der Waals surface area contributed by atoms with Crippen LogP contribution in [-0.2, 0) is 4.79 Å². The van der Waals surface area contributed by atoms with E-state index in [2.05, 4.69) is 5.32 Å². The molecule has 0 saturated heterocycles. The van der Waals surface area contributed by atoms with E-state index in [4.69, 9.17) is 10.5 Å². The second-order valence-corrected chi connectivity index (χ2v) is 4.54. The molecule has 20 heavy (non-hydrogen) atoms. The van der Waals surface area contributed by atoms with Crippen molar-refractivity contribution in [3.63, 3.8) is 0 Å². The molecular weight excluding hydrogens is 262 g/mol. The van der Waals surface area contributed by atoms with Gasteiger partial charge in [-0.3, -0.25) is 14.9 Å². The van der Waals surface area contributed by atoms with Crippen LogP contribution in [0.2, 0.25) is 0 Å². The maximum absolute atomic E-state index is 12.0. The van der Waals surface area contributed by atoms with E-state index in [0.29, 0.717) is 5.75 Å². The summed E-state index contributed by atoms with van der Waals surface area (Å²) < 4.78 is 5.07. The van der Waals surface area contributed by atoms with Crippen molar-refractivity contribution in [1.82, 2.24) is 0 Å². The lowest BCUT2D eigenvalue weighted by Crippen LogP contribution is -2.40. The molecule has 1 rings (SSSR count). The number of anilines is 1. The average Bonchev–Trinajstić information content (AvgIpc) is 2.45. The quantitative estimate of drug-likeness (QED) is 0.611. The minimum absolute atomic E-state index is 0.0136. The van der Waals surface area contributed by atoms with Crippen LogP contribution in [0.3, 0.4) is 0 Å². The number of ether oxygens (including phenoxy) is 1. The molecule has 0 unspecified atom stereocenters. The molecule has 0 aliphatic heterocycles. The number of hydrogen-bond donors (Lipinski definition) is 2. The number of nitrogens with zero attached hydrogens (tertiary/aromatic N) is 1. The Morgan fingerprint density at radius 2 is 2.20 bits per heavy atom. The van der Waals surface area contributed by atoms with Crippen LogP contribution in [0, 0.1) is 16.0 Å². The number of carbonyl (C=O) groups is 1. The molecule has 0 spiro atoms. The monoisotopic (exact) mass is 281 g/mol. The molecule has 0 aliphatic carbocycles. The molecule has 110 valence electrons. The summed E-state index contributed by atoms with van der Waals surface area (Å²) in [5.74, 6) is -0.0295. The van der Waals surface area contributed by atoms with Crippen molar-refractivity contribution in [1.29, 1.82) is 0 Å². The predicted octanol–water partition coefficient (Wildman–Crippen LogP) is 1.92. The molecule has 0 aliphatic rings. The summed E-state index contributed by atoms with van der Waals surface area (Å²) in [6.45, 7) is 3.81. The van der Waals surface area contributed by atoms with Crippen LogP contribution in [0.15, 0.2) is 18.2 Å². The fourth-order valence-electron chi connectivity index (χ4n) is 1.64. The van der Waals surface area contributed by atoms with E-state index in [9.17, 15) is 14.9 Å².